The first-order chi connectivity index (χ1) is 5.97. The summed E-state index contributed by atoms with van der Waals surface area (Å²) in [6, 6.07) is -1.23. The number of nitrogens with two attached hydrogens (primary N) is 1. The molecule has 0 aromatic rings. The van der Waals surface area contributed by atoms with Crippen LogP contribution in [0.25, 0.3) is 0 Å². The summed E-state index contributed by atoms with van der Waals surface area (Å²) in [4.78, 5) is 31.6. The van der Waals surface area contributed by atoms with Crippen molar-refractivity contribution in [3.05, 3.63) is 0 Å². The summed E-state index contributed by atoms with van der Waals surface area (Å²) < 4.78 is 0. The highest BCUT2D eigenvalue weighted by Crippen LogP contribution is 1.92. The maximum atomic E-state index is 10.8. The fraction of sp³-hybridized carbons (Fsp3) is 0.500. The fourth-order valence-electron chi connectivity index (χ4n) is 0.655. The van der Waals surface area contributed by atoms with Crippen molar-refractivity contribution in [1.29, 1.82) is 0 Å². The van der Waals surface area contributed by atoms with Crippen molar-refractivity contribution in [2.24, 2.45) is 5.73 Å². The van der Waals surface area contributed by atoms with Crippen molar-refractivity contribution in [3.63, 3.8) is 0 Å². The lowest BCUT2D eigenvalue weighted by Crippen LogP contribution is -2.43. The van der Waals surface area contributed by atoms with Gasteiger partial charge in [-0.1, -0.05) is 0 Å². The predicted octanol–water partition coefficient (Wildman–Crippen LogP) is -1.69. The summed E-state index contributed by atoms with van der Waals surface area (Å²) in [5, 5.41) is 10.7. The van der Waals surface area contributed by atoms with E-state index in [2.05, 4.69) is 14.6 Å². The Labute approximate surface area is 77.1 Å². The highest BCUT2D eigenvalue weighted by atomic mass is 31.0. The van der Waals surface area contributed by atoms with Crippen molar-refractivity contribution < 1.29 is 19.5 Å². The lowest BCUT2D eigenvalue weighted by molar-refractivity contribution is -0.143. The van der Waals surface area contributed by atoms with E-state index < -0.39 is 30.2 Å². The van der Waals surface area contributed by atoms with Crippen LogP contribution < -0.4 is 11.1 Å². The van der Waals surface area contributed by atoms with Crippen molar-refractivity contribution in [3.8, 4) is 0 Å². The maximum absolute atomic E-state index is 10.8. The molecule has 0 spiro atoms. The van der Waals surface area contributed by atoms with Crippen LogP contribution in [0, 0.1) is 0 Å². The molecule has 2 amide bonds. The smallest absolute Gasteiger partial charge is 0.326 e. The van der Waals surface area contributed by atoms with Crippen LogP contribution >= 0.6 is 9.24 Å². The molecule has 0 aromatic heterocycles. The van der Waals surface area contributed by atoms with Crippen LogP contribution in [0.5, 0.6) is 0 Å². The fourth-order valence-corrected chi connectivity index (χ4v) is 0.772. The van der Waals surface area contributed by atoms with E-state index in [9.17, 15) is 14.4 Å². The molecule has 1 unspecified atom stereocenters. The van der Waals surface area contributed by atoms with Crippen LogP contribution in [-0.4, -0.2) is 35.1 Å². The molecule has 0 aromatic carbocycles. The first-order valence-corrected chi connectivity index (χ1v) is 4.29. The first kappa shape index (κ1) is 11.8. The van der Waals surface area contributed by atoms with E-state index in [0.29, 0.717) is 0 Å². The van der Waals surface area contributed by atoms with Gasteiger partial charge >= 0.3 is 5.97 Å². The van der Waals surface area contributed by atoms with Gasteiger partial charge in [-0.05, 0) is 0 Å². The largest absolute Gasteiger partial charge is 0.480 e. The Kier molecular flexibility index (Phi) is 4.99. The molecule has 0 saturated carbocycles. The summed E-state index contributed by atoms with van der Waals surface area (Å²) in [6.07, 6.45) is -0.311. The third-order valence-corrected chi connectivity index (χ3v) is 1.59. The summed E-state index contributed by atoms with van der Waals surface area (Å²) >= 11 is 0. The molecule has 0 heterocycles. The van der Waals surface area contributed by atoms with Crippen molar-refractivity contribution in [2.75, 3.05) is 6.16 Å². The van der Waals surface area contributed by atoms with Crippen molar-refractivity contribution in [1.82, 2.24) is 5.32 Å². The van der Waals surface area contributed by atoms with Gasteiger partial charge in [0.1, 0.15) is 6.04 Å². The number of hydrogen-bond donors (Lipinski definition) is 3. The molecule has 0 aliphatic rings. The van der Waals surface area contributed by atoms with Crippen LogP contribution in [0.2, 0.25) is 0 Å². The number of nitrogens with one attached hydrogen (secondary N) is 1. The summed E-state index contributed by atoms with van der Waals surface area (Å²) in [5.74, 6) is -2.50. The summed E-state index contributed by atoms with van der Waals surface area (Å²) in [6.45, 7) is 0. The number of carbonyl (C=O) groups is 3. The third kappa shape index (κ3) is 5.14. The molecule has 74 valence electrons. The van der Waals surface area contributed by atoms with E-state index in [0.717, 1.165) is 0 Å². The molecule has 0 aliphatic carbocycles. The van der Waals surface area contributed by atoms with Crippen LogP contribution in [0.4, 0.5) is 0 Å². The first-order valence-electron chi connectivity index (χ1n) is 3.48. The highest BCUT2D eigenvalue weighted by Gasteiger charge is 2.20. The predicted molar refractivity (Wildman–Crippen MR) is 48.0 cm³/mol. The second-order valence-electron chi connectivity index (χ2n) is 2.33. The zero-order chi connectivity index (χ0) is 10.4. The van der Waals surface area contributed by atoms with Gasteiger partial charge in [-0.25, -0.2) is 4.79 Å². The van der Waals surface area contributed by atoms with Gasteiger partial charge in [0.15, 0.2) is 0 Å². The monoisotopic (exact) mass is 206 g/mol. The minimum absolute atomic E-state index is 0.0859. The molecule has 7 heteroatoms. The van der Waals surface area contributed by atoms with E-state index in [1.54, 1.807) is 0 Å². The molecular formula is C6H11N2O4P. The van der Waals surface area contributed by atoms with Crippen LogP contribution in [0.3, 0.4) is 0 Å². The normalized spacial score (nSPS) is 11.8. The van der Waals surface area contributed by atoms with Crippen LogP contribution in [-0.2, 0) is 14.4 Å². The molecule has 4 N–H and O–H groups in total. The molecule has 0 radical (unpaired) electrons. The molecule has 6 nitrogen and oxygen atoms in total. The van der Waals surface area contributed by atoms with Gasteiger partial charge in [-0.15, -0.1) is 9.24 Å². The van der Waals surface area contributed by atoms with Crippen molar-refractivity contribution in [2.45, 2.75) is 12.5 Å². The van der Waals surface area contributed by atoms with E-state index in [-0.39, 0.29) is 6.16 Å². The Hall–Kier alpha value is -1.16. The average molecular weight is 206 g/mol. The molecule has 13 heavy (non-hydrogen) atoms. The number of rotatable bonds is 5. The number of carbonyl (C=O) groups excluding carboxylic acids is 2. The molecule has 0 bridgehead atoms. The zero-order valence-corrected chi connectivity index (χ0v) is 7.97. The molecule has 0 fully saturated rings. The summed E-state index contributed by atoms with van der Waals surface area (Å²) in [7, 11) is 2.14. The zero-order valence-electron chi connectivity index (χ0n) is 6.82. The van der Waals surface area contributed by atoms with Gasteiger partial charge in [0, 0.05) is 6.16 Å². The number of carboxylic acids is 1. The third-order valence-electron chi connectivity index (χ3n) is 1.22. The molecule has 0 rings (SSSR count). The highest BCUT2D eigenvalue weighted by molar-refractivity contribution is 7.18. The molecular weight excluding hydrogens is 195 g/mol. The number of amides is 2. The quantitative estimate of drug-likeness (QED) is 0.466. The van der Waals surface area contributed by atoms with E-state index in [1.165, 1.54) is 0 Å². The topological polar surface area (TPSA) is 109 Å². The van der Waals surface area contributed by atoms with E-state index in [4.69, 9.17) is 10.8 Å². The second kappa shape index (κ2) is 5.48. The Morgan fingerprint density at radius 3 is 2.31 bits per heavy atom. The van der Waals surface area contributed by atoms with Gasteiger partial charge in [0.2, 0.25) is 11.8 Å². The Morgan fingerprint density at radius 1 is 1.46 bits per heavy atom. The Morgan fingerprint density at radius 2 is 2.00 bits per heavy atom. The van der Waals surface area contributed by atoms with Gasteiger partial charge < -0.3 is 16.2 Å². The number of carboxylic acid groups (broad SMARTS) is 1. The van der Waals surface area contributed by atoms with Crippen molar-refractivity contribution >= 4 is 27.0 Å². The van der Waals surface area contributed by atoms with E-state index >= 15 is 0 Å². The van der Waals surface area contributed by atoms with Crippen LogP contribution in [0.15, 0.2) is 0 Å². The lowest BCUT2D eigenvalue weighted by Gasteiger charge is -2.11. The van der Waals surface area contributed by atoms with Crippen LogP contribution in [0.1, 0.15) is 6.42 Å². The number of aliphatic carboxylic acids is 1. The number of hydrogen-bond acceptors (Lipinski definition) is 3. The Balaban J connectivity index is 4.18. The van der Waals surface area contributed by atoms with Gasteiger partial charge in [-0.2, -0.15) is 0 Å². The minimum atomic E-state index is -1.27. The van der Waals surface area contributed by atoms with Gasteiger partial charge in [0.05, 0.1) is 6.42 Å². The van der Waals surface area contributed by atoms with Gasteiger partial charge in [-0.3, -0.25) is 9.59 Å². The minimum Gasteiger partial charge on any atom is -0.480 e. The maximum Gasteiger partial charge on any atom is 0.326 e. The second-order valence-corrected chi connectivity index (χ2v) is 2.74. The molecule has 2 atom stereocenters. The van der Waals surface area contributed by atoms with Gasteiger partial charge in [0.25, 0.3) is 0 Å². The van der Waals surface area contributed by atoms with E-state index in [1.807, 2.05) is 0 Å². The summed E-state index contributed by atoms with van der Waals surface area (Å²) in [5.41, 5.74) is 4.79. The number of primary amides is 1. The molecule has 0 aliphatic heterocycles. The SMILES string of the molecule is NC(=O)C[C@H](NC(=O)CP)C(=O)O. The average Bonchev–Trinajstić information content (AvgIpc) is 2.02. The Bertz CT molecular complexity index is 231. The standard InChI is InChI=1S/C6H11N2O4P/c7-4(9)1-3(6(11)12)8-5(10)2-13/h3H,1-2,13H2,(H2,7,9)(H,8,10)(H,11,12)/t3-/m0/s1. The molecule has 0 saturated heterocycles. The lowest BCUT2D eigenvalue weighted by atomic mass is 10.2.